The van der Waals surface area contributed by atoms with Crippen LogP contribution in [0.2, 0.25) is 10.0 Å². The smallest absolute Gasteiger partial charge is 0.175 e. The maximum absolute atomic E-state index is 13.7. The van der Waals surface area contributed by atoms with Crippen LogP contribution in [0, 0.1) is 11.6 Å². The third kappa shape index (κ3) is 3.56. The van der Waals surface area contributed by atoms with Gasteiger partial charge in [-0.25, -0.2) is 8.78 Å². The lowest BCUT2D eigenvalue weighted by molar-refractivity contribution is 0.632. The van der Waals surface area contributed by atoms with Crippen LogP contribution in [-0.4, -0.2) is 5.11 Å². The summed E-state index contributed by atoms with van der Waals surface area (Å²) in [6, 6.07) is 8.53. The number of hydrogen-bond donors (Lipinski definition) is 2. The molecule has 20 heavy (non-hydrogen) atoms. The number of nitrogens with one attached hydrogen (secondary N) is 2. The van der Waals surface area contributed by atoms with E-state index in [4.69, 9.17) is 35.4 Å². The van der Waals surface area contributed by atoms with E-state index in [0.29, 0.717) is 0 Å². The normalized spacial score (nSPS) is 10.2. The van der Waals surface area contributed by atoms with Crippen LogP contribution in [0.25, 0.3) is 0 Å². The highest BCUT2D eigenvalue weighted by Gasteiger charge is 2.09. The summed E-state index contributed by atoms with van der Waals surface area (Å²) in [4.78, 5) is 0. The van der Waals surface area contributed by atoms with Gasteiger partial charge in [-0.3, -0.25) is 0 Å². The third-order valence-corrected chi connectivity index (χ3v) is 3.11. The fourth-order valence-electron chi connectivity index (χ4n) is 1.47. The number of rotatable bonds is 2. The van der Waals surface area contributed by atoms with Gasteiger partial charge in [-0.15, -0.1) is 0 Å². The first kappa shape index (κ1) is 15.0. The number of benzene rings is 2. The van der Waals surface area contributed by atoms with Crippen LogP contribution >= 0.6 is 35.4 Å². The van der Waals surface area contributed by atoms with Gasteiger partial charge in [0.1, 0.15) is 5.82 Å². The Morgan fingerprint density at radius 2 is 1.70 bits per heavy atom. The Kier molecular flexibility index (Phi) is 4.75. The Hall–Kier alpha value is -1.43. The Balaban J connectivity index is 2.11. The highest BCUT2D eigenvalue weighted by molar-refractivity contribution is 7.80. The number of thiocarbonyl (C=S) groups is 1. The predicted molar refractivity (Wildman–Crippen MR) is 82.7 cm³/mol. The lowest BCUT2D eigenvalue weighted by Gasteiger charge is -2.12. The van der Waals surface area contributed by atoms with Crippen molar-refractivity contribution in [3.63, 3.8) is 0 Å². The monoisotopic (exact) mass is 332 g/mol. The summed E-state index contributed by atoms with van der Waals surface area (Å²) in [6.45, 7) is 0. The summed E-state index contributed by atoms with van der Waals surface area (Å²) in [6.07, 6.45) is 0. The molecule has 0 radical (unpaired) electrons. The molecule has 0 bridgehead atoms. The molecule has 0 spiro atoms. The molecule has 0 aliphatic rings. The first-order valence-electron chi connectivity index (χ1n) is 5.44. The maximum Gasteiger partial charge on any atom is 0.175 e. The third-order valence-electron chi connectivity index (χ3n) is 2.38. The molecule has 0 unspecified atom stereocenters. The van der Waals surface area contributed by atoms with Gasteiger partial charge in [0.15, 0.2) is 10.9 Å². The number of anilines is 2. The van der Waals surface area contributed by atoms with Crippen molar-refractivity contribution in [2.24, 2.45) is 0 Å². The Morgan fingerprint density at radius 1 is 1.00 bits per heavy atom. The summed E-state index contributed by atoms with van der Waals surface area (Å²) in [5, 5.41) is 5.49. The van der Waals surface area contributed by atoms with E-state index >= 15 is 0 Å². The molecular weight excluding hydrogens is 325 g/mol. The largest absolute Gasteiger partial charge is 0.330 e. The molecule has 2 aromatic rings. The van der Waals surface area contributed by atoms with Gasteiger partial charge in [0.2, 0.25) is 0 Å². The molecule has 2 N–H and O–H groups in total. The molecule has 104 valence electrons. The van der Waals surface area contributed by atoms with Crippen molar-refractivity contribution in [1.29, 1.82) is 0 Å². The molecule has 0 aliphatic carbocycles. The minimum absolute atomic E-state index is 0.0320. The van der Waals surface area contributed by atoms with Gasteiger partial charge in [-0.1, -0.05) is 29.3 Å². The average Bonchev–Trinajstić information content (AvgIpc) is 2.38. The van der Waals surface area contributed by atoms with Crippen LogP contribution in [0.3, 0.4) is 0 Å². The van der Waals surface area contributed by atoms with E-state index in [2.05, 4.69) is 10.6 Å². The van der Waals surface area contributed by atoms with E-state index in [1.54, 1.807) is 6.07 Å². The molecule has 0 saturated heterocycles. The zero-order valence-corrected chi connectivity index (χ0v) is 12.2. The molecule has 0 aromatic heterocycles. The highest BCUT2D eigenvalue weighted by Crippen LogP contribution is 2.23. The summed E-state index contributed by atoms with van der Waals surface area (Å²) < 4.78 is 27.2. The molecule has 7 heteroatoms. The zero-order valence-electron chi connectivity index (χ0n) is 9.88. The molecule has 0 atom stereocenters. The van der Waals surface area contributed by atoms with Crippen molar-refractivity contribution < 1.29 is 8.78 Å². The first-order chi connectivity index (χ1) is 9.47. The first-order valence-corrected chi connectivity index (χ1v) is 6.61. The molecule has 2 nitrogen and oxygen atoms in total. The van der Waals surface area contributed by atoms with Gasteiger partial charge in [-0.2, -0.15) is 0 Å². The molecule has 0 heterocycles. The fourth-order valence-corrected chi connectivity index (χ4v) is 2.02. The van der Waals surface area contributed by atoms with E-state index in [9.17, 15) is 8.78 Å². The Morgan fingerprint density at radius 3 is 2.40 bits per heavy atom. The van der Waals surface area contributed by atoms with Gasteiger partial charge < -0.3 is 10.6 Å². The van der Waals surface area contributed by atoms with Crippen LogP contribution in [0.15, 0.2) is 36.4 Å². The molecule has 0 amide bonds. The van der Waals surface area contributed by atoms with E-state index in [-0.39, 0.29) is 26.5 Å². The van der Waals surface area contributed by atoms with E-state index in [1.807, 2.05) is 0 Å². The van der Waals surface area contributed by atoms with Crippen LogP contribution in [0.5, 0.6) is 0 Å². The molecule has 2 aromatic carbocycles. The second kappa shape index (κ2) is 6.35. The van der Waals surface area contributed by atoms with Crippen molar-refractivity contribution in [1.82, 2.24) is 0 Å². The van der Waals surface area contributed by atoms with Crippen molar-refractivity contribution in [3.8, 4) is 0 Å². The van der Waals surface area contributed by atoms with Crippen molar-refractivity contribution in [3.05, 3.63) is 58.1 Å². The van der Waals surface area contributed by atoms with Crippen LogP contribution in [0.1, 0.15) is 0 Å². The molecule has 0 saturated carbocycles. The van der Waals surface area contributed by atoms with Gasteiger partial charge in [0.25, 0.3) is 0 Å². The van der Waals surface area contributed by atoms with Crippen LogP contribution in [0.4, 0.5) is 20.2 Å². The van der Waals surface area contributed by atoms with E-state index in [1.165, 1.54) is 24.3 Å². The quantitative estimate of drug-likeness (QED) is 0.750. The predicted octanol–water partition coefficient (Wildman–Crippen LogP) is 5.08. The van der Waals surface area contributed by atoms with Crippen LogP contribution < -0.4 is 10.6 Å². The lowest BCUT2D eigenvalue weighted by Crippen LogP contribution is -2.20. The second-order valence-electron chi connectivity index (χ2n) is 3.80. The molecule has 2 rings (SSSR count). The average molecular weight is 333 g/mol. The van der Waals surface area contributed by atoms with Crippen molar-refractivity contribution in [2.75, 3.05) is 10.6 Å². The molecular formula is C13H8Cl2F2N2S. The lowest BCUT2D eigenvalue weighted by atomic mass is 10.3. The summed E-state index contributed by atoms with van der Waals surface area (Å²) in [5.41, 5.74) is 0.235. The number of hydrogen-bond acceptors (Lipinski definition) is 1. The van der Waals surface area contributed by atoms with Crippen molar-refractivity contribution >= 4 is 51.9 Å². The second-order valence-corrected chi connectivity index (χ2v) is 5.06. The molecule has 0 aliphatic heterocycles. The van der Waals surface area contributed by atoms with Gasteiger partial charge in [0.05, 0.1) is 16.4 Å². The molecule has 0 fully saturated rings. The Labute approximate surface area is 129 Å². The Bertz CT molecular complexity index is 665. The van der Waals surface area contributed by atoms with Crippen molar-refractivity contribution in [2.45, 2.75) is 0 Å². The van der Waals surface area contributed by atoms with Gasteiger partial charge in [-0.05, 0) is 42.5 Å². The topological polar surface area (TPSA) is 24.1 Å². The summed E-state index contributed by atoms with van der Waals surface area (Å²) in [5.74, 6) is -1.19. The summed E-state index contributed by atoms with van der Waals surface area (Å²) >= 11 is 16.3. The zero-order chi connectivity index (χ0) is 14.7. The van der Waals surface area contributed by atoms with E-state index < -0.39 is 11.6 Å². The SMILES string of the molecule is Fc1cc(Cl)ccc1NC(=S)Nc1cccc(Cl)c1F. The minimum Gasteiger partial charge on any atom is -0.330 e. The van der Waals surface area contributed by atoms with Gasteiger partial charge in [0, 0.05) is 5.02 Å². The standard InChI is InChI=1S/C13H8Cl2F2N2S/c14-7-4-5-10(9(16)6-7)18-13(20)19-11-3-1-2-8(15)12(11)17/h1-6H,(H2,18,19,20). The fraction of sp³-hybridized carbons (Fsp3) is 0. The van der Waals surface area contributed by atoms with E-state index in [0.717, 1.165) is 6.07 Å². The maximum atomic E-state index is 13.7. The van der Waals surface area contributed by atoms with Crippen LogP contribution in [-0.2, 0) is 0 Å². The highest BCUT2D eigenvalue weighted by atomic mass is 35.5. The van der Waals surface area contributed by atoms with Gasteiger partial charge >= 0.3 is 0 Å². The summed E-state index contributed by atoms with van der Waals surface area (Å²) in [7, 11) is 0. The number of halogens is 4. The minimum atomic E-state index is -0.630.